The lowest BCUT2D eigenvalue weighted by Gasteiger charge is -2.11. The molecule has 0 atom stereocenters. The minimum atomic E-state index is -0.491. The Balaban J connectivity index is 1.54. The monoisotopic (exact) mass is 417 g/mol. The second-order valence-electron chi connectivity index (χ2n) is 7.32. The van der Waals surface area contributed by atoms with Crippen molar-refractivity contribution in [2.45, 2.75) is 20.4 Å². The minimum Gasteiger partial charge on any atom is -0.457 e. The van der Waals surface area contributed by atoms with Gasteiger partial charge in [-0.25, -0.2) is 4.79 Å². The lowest BCUT2D eigenvalue weighted by molar-refractivity contribution is -0.384. The van der Waals surface area contributed by atoms with Crippen molar-refractivity contribution in [1.29, 1.82) is 0 Å². The third-order valence-corrected chi connectivity index (χ3v) is 5.02. The smallest absolute Gasteiger partial charge is 0.329 e. The Morgan fingerprint density at radius 2 is 1.81 bits per heavy atom. The van der Waals surface area contributed by atoms with Crippen LogP contribution in [0.5, 0.6) is 0 Å². The summed E-state index contributed by atoms with van der Waals surface area (Å²) < 4.78 is 5.79. The van der Waals surface area contributed by atoms with Crippen LogP contribution in [0.3, 0.4) is 0 Å². The number of non-ortho nitro benzene ring substituents is 1. The second kappa shape index (κ2) is 7.91. The quantitative estimate of drug-likeness (QED) is 0.283. The Hall–Kier alpha value is -4.20. The van der Waals surface area contributed by atoms with Gasteiger partial charge in [0.15, 0.2) is 0 Å². The number of rotatable bonds is 5. The van der Waals surface area contributed by atoms with Gasteiger partial charge in [-0.2, -0.15) is 0 Å². The number of furan rings is 1. The van der Waals surface area contributed by atoms with Gasteiger partial charge >= 0.3 is 6.03 Å². The molecule has 1 aromatic heterocycles. The summed E-state index contributed by atoms with van der Waals surface area (Å²) in [6, 6.07) is 15.0. The number of nitro groups is 1. The van der Waals surface area contributed by atoms with Crippen LogP contribution < -0.4 is 5.32 Å². The number of nitrogens with zero attached hydrogens (tertiary/aromatic N) is 2. The number of hydrogen-bond donors (Lipinski definition) is 1. The predicted octanol–water partition coefficient (Wildman–Crippen LogP) is 4.56. The maximum Gasteiger partial charge on any atom is 0.329 e. The maximum atomic E-state index is 12.7. The van der Waals surface area contributed by atoms with E-state index in [4.69, 9.17) is 4.42 Å². The van der Waals surface area contributed by atoms with Gasteiger partial charge in [-0.15, -0.1) is 0 Å². The first-order chi connectivity index (χ1) is 14.8. The zero-order chi connectivity index (χ0) is 22.1. The lowest BCUT2D eigenvalue weighted by Crippen LogP contribution is -2.30. The number of hydrogen-bond acceptors (Lipinski definition) is 5. The molecule has 156 valence electrons. The van der Waals surface area contributed by atoms with E-state index < -0.39 is 16.9 Å². The van der Waals surface area contributed by atoms with Gasteiger partial charge in [0.2, 0.25) is 0 Å². The zero-order valence-electron chi connectivity index (χ0n) is 16.9. The molecule has 1 N–H and O–H groups in total. The van der Waals surface area contributed by atoms with Crippen molar-refractivity contribution in [3.05, 3.63) is 92.9 Å². The highest BCUT2D eigenvalue weighted by Gasteiger charge is 2.33. The molecule has 8 heteroatoms. The predicted molar refractivity (Wildman–Crippen MR) is 114 cm³/mol. The average Bonchev–Trinajstić information content (AvgIpc) is 3.29. The fourth-order valence-electron chi connectivity index (χ4n) is 3.35. The molecule has 8 nitrogen and oxygen atoms in total. The van der Waals surface area contributed by atoms with Gasteiger partial charge in [0, 0.05) is 23.8 Å². The molecule has 1 saturated heterocycles. The summed E-state index contributed by atoms with van der Waals surface area (Å²) in [6.07, 6.45) is 1.47. The summed E-state index contributed by atoms with van der Waals surface area (Å²) >= 11 is 0. The van der Waals surface area contributed by atoms with E-state index in [9.17, 15) is 19.7 Å². The summed E-state index contributed by atoms with van der Waals surface area (Å²) in [5.41, 5.74) is 3.47. The minimum absolute atomic E-state index is 0.00285. The van der Waals surface area contributed by atoms with Crippen molar-refractivity contribution in [3.8, 4) is 11.3 Å². The molecule has 3 amide bonds. The van der Waals surface area contributed by atoms with Gasteiger partial charge in [-0.05, 0) is 43.2 Å². The molecule has 0 aliphatic carbocycles. The summed E-state index contributed by atoms with van der Waals surface area (Å²) in [7, 11) is 0. The first-order valence-corrected chi connectivity index (χ1v) is 9.57. The molecule has 1 aliphatic heterocycles. The van der Waals surface area contributed by atoms with Crippen LogP contribution in [0, 0.1) is 24.0 Å². The molecular formula is C23H19N3O5. The van der Waals surface area contributed by atoms with E-state index in [0.29, 0.717) is 22.6 Å². The third kappa shape index (κ3) is 4.09. The molecule has 4 rings (SSSR count). The molecule has 2 heterocycles. The first kappa shape index (κ1) is 20.1. The van der Waals surface area contributed by atoms with Crippen LogP contribution in [-0.4, -0.2) is 21.8 Å². The number of aryl methyl sites for hydroxylation is 2. The van der Waals surface area contributed by atoms with Crippen LogP contribution in [0.1, 0.15) is 22.5 Å². The van der Waals surface area contributed by atoms with Crippen molar-refractivity contribution in [2.75, 3.05) is 0 Å². The lowest BCUT2D eigenvalue weighted by atomic mass is 10.1. The van der Waals surface area contributed by atoms with Crippen LogP contribution in [-0.2, 0) is 11.3 Å². The fourth-order valence-corrected chi connectivity index (χ4v) is 3.35. The Morgan fingerprint density at radius 1 is 1.06 bits per heavy atom. The van der Waals surface area contributed by atoms with E-state index in [1.165, 1.54) is 18.2 Å². The van der Waals surface area contributed by atoms with Crippen molar-refractivity contribution >= 4 is 23.7 Å². The van der Waals surface area contributed by atoms with Crippen LogP contribution in [0.15, 0.2) is 64.7 Å². The summed E-state index contributed by atoms with van der Waals surface area (Å²) in [5, 5.41) is 13.5. The Labute approximate surface area is 177 Å². The number of imide groups is 1. The number of nitrogens with one attached hydrogen (secondary N) is 1. The Morgan fingerprint density at radius 3 is 2.48 bits per heavy atom. The van der Waals surface area contributed by atoms with Gasteiger partial charge in [0.1, 0.15) is 17.2 Å². The highest BCUT2D eigenvalue weighted by Crippen LogP contribution is 2.29. The number of carbonyl (C=O) groups excluding carboxylic acids is 2. The molecule has 0 radical (unpaired) electrons. The molecular weight excluding hydrogens is 398 g/mol. The van der Waals surface area contributed by atoms with E-state index in [0.717, 1.165) is 16.0 Å². The second-order valence-corrected chi connectivity index (χ2v) is 7.32. The molecule has 31 heavy (non-hydrogen) atoms. The Kier molecular flexibility index (Phi) is 5.12. The van der Waals surface area contributed by atoms with Gasteiger partial charge in [0.25, 0.3) is 11.6 Å². The van der Waals surface area contributed by atoms with Crippen molar-refractivity contribution < 1.29 is 18.9 Å². The first-order valence-electron chi connectivity index (χ1n) is 9.57. The molecule has 3 aromatic rings. The number of nitro benzene ring substituents is 1. The van der Waals surface area contributed by atoms with E-state index in [1.807, 2.05) is 31.2 Å². The van der Waals surface area contributed by atoms with E-state index in [2.05, 4.69) is 5.32 Å². The molecule has 1 aliphatic rings. The Bertz CT molecular complexity index is 1220. The maximum absolute atomic E-state index is 12.7. The third-order valence-electron chi connectivity index (χ3n) is 5.02. The van der Waals surface area contributed by atoms with Crippen LogP contribution in [0.4, 0.5) is 10.5 Å². The van der Waals surface area contributed by atoms with E-state index in [1.54, 1.807) is 25.1 Å². The summed E-state index contributed by atoms with van der Waals surface area (Å²) in [6.45, 7) is 3.90. The fraction of sp³-hybridized carbons (Fsp3) is 0.130. The van der Waals surface area contributed by atoms with Crippen LogP contribution in [0.2, 0.25) is 0 Å². The van der Waals surface area contributed by atoms with Crippen molar-refractivity contribution in [3.63, 3.8) is 0 Å². The number of benzene rings is 2. The standard InChI is InChI=1S/C23H19N3O5/c1-14-3-5-16(6-4-14)13-25-22(27)20(24-23(25)28)12-18-8-10-21(31-18)19-9-7-17(26(29)30)11-15(19)2/h3-12H,13H2,1-2H3,(H,24,28)/b20-12-. The average molecular weight is 417 g/mol. The van der Waals surface area contributed by atoms with Gasteiger partial charge in [-0.1, -0.05) is 29.8 Å². The molecule has 0 bridgehead atoms. The highest BCUT2D eigenvalue weighted by molar-refractivity contribution is 6.13. The van der Waals surface area contributed by atoms with Gasteiger partial charge < -0.3 is 9.73 Å². The van der Waals surface area contributed by atoms with Crippen molar-refractivity contribution in [1.82, 2.24) is 10.2 Å². The highest BCUT2D eigenvalue weighted by atomic mass is 16.6. The molecule has 0 spiro atoms. The summed E-state index contributed by atoms with van der Waals surface area (Å²) in [4.78, 5) is 36.6. The number of urea groups is 1. The van der Waals surface area contributed by atoms with E-state index >= 15 is 0 Å². The SMILES string of the molecule is Cc1ccc(CN2C(=O)N/C(=C\c3ccc(-c4ccc([N+](=O)[O-])cc4C)o3)C2=O)cc1. The molecule has 0 saturated carbocycles. The molecule has 0 unspecified atom stereocenters. The van der Waals surface area contributed by atoms with E-state index in [-0.39, 0.29) is 17.9 Å². The van der Waals surface area contributed by atoms with Crippen LogP contribution >= 0.6 is 0 Å². The van der Waals surface area contributed by atoms with Crippen LogP contribution in [0.25, 0.3) is 17.4 Å². The topological polar surface area (TPSA) is 106 Å². The largest absolute Gasteiger partial charge is 0.457 e. The summed E-state index contributed by atoms with van der Waals surface area (Å²) in [5.74, 6) is 0.455. The van der Waals surface area contributed by atoms with Gasteiger partial charge in [-0.3, -0.25) is 19.8 Å². The zero-order valence-corrected chi connectivity index (χ0v) is 16.9. The van der Waals surface area contributed by atoms with Crippen molar-refractivity contribution in [2.24, 2.45) is 0 Å². The number of carbonyl (C=O) groups is 2. The normalized spacial score (nSPS) is 14.9. The molecule has 1 fully saturated rings. The molecule has 2 aromatic carbocycles. The van der Waals surface area contributed by atoms with Gasteiger partial charge in [0.05, 0.1) is 11.5 Å². The number of amides is 3.